The molecule has 1 aromatic heterocycles. The molecule has 0 saturated heterocycles. The lowest BCUT2D eigenvalue weighted by Crippen LogP contribution is -2.24. The molecule has 0 aliphatic carbocycles. The van der Waals surface area contributed by atoms with E-state index in [0.29, 0.717) is 45.7 Å². The Kier molecular flexibility index (Phi) is 14.0. The van der Waals surface area contributed by atoms with Gasteiger partial charge in [-0.2, -0.15) is 0 Å². The molecule has 1 atom stereocenters. The van der Waals surface area contributed by atoms with E-state index in [1.807, 2.05) is 73.7 Å². The summed E-state index contributed by atoms with van der Waals surface area (Å²) < 4.78 is 59.5. The van der Waals surface area contributed by atoms with Crippen LogP contribution in [0.2, 0.25) is 0 Å². The quantitative estimate of drug-likeness (QED) is 0.111. The van der Waals surface area contributed by atoms with Crippen LogP contribution in [-0.2, 0) is 21.7 Å². The van der Waals surface area contributed by atoms with E-state index in [1.165, 1.54) is 0 Å². The van der Waals surface area contributed by atoms with E-state index < -0.39 is 19.0 Å². The van der Waals surface area contributed by atoms with E-state index in [0.717, 1.165) is 55.5 Å². The Morgan fingerprint density at radius 2 is 0.862 bits per heavy atom. The number of fused-ring (bicyclic) bond motifs is 3. The third-order valence-electron chi connectivity index (χ3n) is 11.4. The summed E-state index contributed by atoms with van der Waals surface area (Å²) in [4.78, 5) is 0. The van der Waals surface area contributed by atoms with Crippen molar-refractivity contribution in [3.8, 4) is 51.4 Å². The molecule has 0 aliphatic rings. The predicted molar refractivity (Wildman–Crippen MR) is 270 cm³/mol. The van der Waals surface area contributed by atoms with E-state index in [1.54, 1.807) is 28.4 Å². The first-order valence-corrected chi connectivity index (χ1v) is 24.1. The van der Waals surface area contributed by atoms with Crippen LogP contribution in [0.1, 0.15) is 125 Å². The second-order valence-electron chi connectivity index (χ2n) is 21.3. The summed E-state index contributed by atoms with van der Waals surface area (Å²) in [5.74, 6) is 4.81. The van der Waals surface area contributed by atoms with Crippen LogP contribution in [0.15, 0.2) is 81.2 Å². The summed E-state index contributed by atoms with van der Waals surface area (Å²) in [6.07, 6.45) is 0. The molecule has 350 valence electrons. The molecule has 0 fully saturated rings. The van der Waals surface area contributed by atoms with E-state index in [-0.39, 0.29) is 25.1 Å². The van der Waals surface area contributed by atoms with Gasteiger partial charge in [-0.1, -0.05) is 101 Å². The van der Waals surface area contributed by atoms with Crippen molar-refractivity contribution in [2.75, 3.05) is 28.4 Å². The molecule has 11 heteroatoms. The highest BCUT2D eigenvalue weighted by Gasteiger charge is 2.33. The SMILES string of the molecule is COc1cc(-c2cc(OC)cc(C(C)(C)C)c2Op2oc3c(C(C)(C)C)cc(OC)cc3c3cc(OC)cc(C(C)(C)C)c3o2)c(OPC(C)(C)Oc2ccccc2C)c(C(C)(C)C)c1. The minimum absolute atomic E-state index is 0.101. The molecule has 65 heavy (non-hydrogen) atoms. The fourth-order valence-electron chi connectivity index (χ4n) is 7.73. The van der Waals surface area contributed by atoms with Crippen LogP contribution in [0, 0.1) is 6.92 Å². The van der Waals surface area contributed by atoms with E-state index in [2.05, 4.69) is 103 Å². The number of rotatable bonds is 12. The predicted octanol–water partition coefficient (Wildman–Crippen LogP) is 16.1. The number of para-hydroxylation sites is 1. The van der Waals surface area contributed by atoms with Crippen LogP contribution in [0.5, 0.6) is 40.2 Å². The number of methoxy groups -OCH3 is 4. The maximum Gasteiger partial charge on any atom is 0.453 e. The first kappa shape index (κ1) is 49.5. The zero-order valence-electron chi connectivity index (χ0n) is 42.0. The van der Waals surface area contributed by atoms with Crippen molar-refractivity contribution < 1.29 is 41.1 Å². The lowest BCUT2D eigenvalue weighted by molar-refractivity contribution is 0.194. The van der Waals surface area contributed by atoms with Gasteiger partial charge in [0.05, 0.1) is 28.4 Å². The van der Waals surface area contributed by atoms with Crippen LogP contribution in [-0.4, -0.2) is 33.8 Å². The fourth-order valence-corrected chi connectivity index (χ4v) is 9.60. The van der Waals surface area contributed by atoms with Gasteiger partial charge >= 0.3 is 8.24 Å². The normalized spacial score (nSPS) is 12.8. The molecule has 6 aromatic rings. The minimum atomic E-state index is -2.21. The summed E-state index contributed by atoms with van der Waals surface area (Å²) in [6, 6.07) is 24.3. The largest absolute Gasteiger partial charge is 0.497 e. The average Bonchev–Trinajstić information content (AvgIpc) is 3.37. The van der Waals surface area contributed by atoms with Gasteiger partial charge in [0.25, 0.3) is 0 Å². The van der Waals surface area contributed by atoms with Crippen LogP contribution in [0.4, 0.5) is 0 Å². The van der Waals surface area contributed by atoms with Crippen molar-refractivity contribution in [3.63, 3.8) is 0 Å². The Balaban J connectivity index is 1.73. The van der Waals surface area contributed by atoms with E-state index in [9.17, 15) is 0 Å². The number of benzene rings is 5. The van der Waals surface area contributed by atoms with E-state index >= 15 is 0 Å². The topological polar surface area (TPSA) is 90.9 Å². The molecule has 6 rings (SSSR count). The number of aryl methyl sites for hydroxylation is 1. The number of ether oxygens (including phenoxy) is 5. The summed E-state index contributed by atoms with van der Waals surface area (Å²) in [7, 11) is 4.43. The zero-order valence-corrected chi connectivity index (χ0v) is 43.9. The molecule has 0 bridgehead atoms. The fraction of sp³-hybridized carbons (Fsp3) is 0.444. The summed E-state index contributed by atoms with van der Waals surface area (Å²) in [5.41, 5.74) is 6.07. The monoisotopic (exact) mass is 924 g/mol. The third kappa shape index (κ3) is 10.8. The highest BCUT2D eigenvalue weighted by molar-refractivity contribution is 7.34. The van der Waals surface area contributed by atoms with Crippen molar-refractivity contribution >= 4 is 39.0 Å². The minimum Gasteiger partial charge on any atom is -0.497 e. The van der Waals surface area contributed by atoms with Crippen molar-refractivity contribution in [2.45, 2.75) is 131 Å². The zero-order chi connectivity index (χ0) is 48.0. The van der Waals surface area contributed by atoms with Gasteiger partial charge in [0.1, 0.15) is 60.2 Å². The van der Waals surface area contributed by atoms with Crippen LogP contribution in [0.3, 0.4) is 0 Å². The third-order valence-corrected chi connectivity index (χ3v) is 13.3. The molecule has 0 aliphatic heterocycles. The number of hydrogen-bond donors (Lipinski definition) is 0. The number of hydrogen-bond acceptors (Lipinski definition) is 9. The van der Waals surface area contributed by atoms with Crippen molar-refractivity contribution in [1.29, 1.82) is 0 Å². The molecule has 1 unspecified atom stereocenters. The first-order valence-electron chi connectivity index (χ1n) is 22.1. The summed E-state index contributed by atoms with van der Waals surface area (Å²) >= 11 is 0. The molecule has 0 spiro atoms. The van der Waals surface area contributed by atoms with Crippen molar-refractivity contribution in [3.05, 3.63) is 101 Å². The molecule has 0 saturated carbocycles. The maximum absolute atomic E-state index is 7.42. The van der Waals surface area contributed by atoms with Gasteiger partial charge in [0.15, 0.2) is 5.34 Å². The smallest absolute Gasteiger partial charge is 0.453 e. The Labute approximate surface area is 389 Å². The van der Waals surface area contributed by atoms with Gasteiger partial charge < -0.3 is 41.1 Å². The van der Waals surface area contributed by atoms with Crippen LogP contribution < -0.4 is 32.7 Å². The van der Waals surface area contributed by atoms with Crippen molar-refractivity contribution in [1.82, 2.24) is 0 Å². The first-order chi connectivity index (χ1) is 30.2. The van der Waals surface area contributed by atoms with Crippen LogP contribution >= 0.6 is 17.0 Å². The van der Waals surface area contributed by atoms with Gasteiger partial charge in [0.2, 0.25) is 0 Å². The van der Waals surface area contributed by atoms with Crippen LogP contribution in [0.25, 0.3) is 33.1 Å². The van der Waals surface area contributed by atoms with Gasteiger partial charge in [-0.15, -0.1) is 0 Å². The van der Waals surface area contributed by atoms with Gasteiger partial charge in [-0.05, 0) is 103 Å². The maximum atomic E-state index is 7.42. The second kappa shape index (κ2) is 18.4. The summed E-state index contributed by atoms with van der Waals surface area (Å²) in [5, 5.41) is 0.960. The molecule has 1 heterocycles. The Morgan fingerprint density at radius 3 is 1.28 bits per heavy atom. The Hall–Kier alpha value is -4.97. The lowest BCUT2D eigenvalue weighted by atomic mass is 9.81. The van der Waals surface area contributed by atoms with E-state index in [4.69, 9.17) is 41.1 Å². The highest BCUT2D eigenvalue weighted by atomic mass is 31.1. The van der Waals surface area contributed by atoms with Gasteiger partial charge in [-0.3, -0.25) is 0 Å². The lowest BCUT2D eigenvalue weighted by Gasteiger charge is -2.31. The molecule has 0 N–H and O–H groups in total. The highest BCUT2D eigenvalue weighted by Crippen LogP contribution is 2.54. The van der Waals surface area contributed by atoms with Gasteiger partial charge in [0, 0.05) is 44.2 Å². The van der Waals surface area contributed by atoms with Crippen molar-refractivity contribution in [2.24, 2.45) is 0 Å². The molecular formula is C54H70O9P2. The Morgan fingerprint density at radius 1 is 0.477 bits per heavy atom. The standard InChI is InChI=1S/C54H70O9P2/c1-32-22-20-21-23-45(32)59-54(14,15)64-60-46-37(24-33(55-16)28-41(46)50(2,3)4)38-25-34(56-17)29-42(51(5,6)7)47(38)61-65-62-48-39(26-35(57-18)30-43(48)52(8,9)10)40-27-36(58-19)31-44(49(40)63-65)53(11,12)13/h20-31,64H,1-19H3. The molecule has 9 nitrogen and oxygen atoms in total. The Bertz CT molecular complexity index is 2660. The molecule has 0 radical (unpaired) electrons. The summed E-state index contributed by atoms with van der Waals surface area (Å²) in [6.45, 7) is 32.2. The molecule has 5 aromatic carbocycles. The molecular weight excluding hydrogens is 855 g/mol. The second-order valence-corrected chi connectivity index (χ2v) is 23.9. The molecule has 0 amide bonds. The van der Waals surface area contributed by atoms with Gasteiger partial charge in [-0.25, -0.2) is 0 Å². The average molecular weight is 925 g/mol.